The molecule has 3 rings (SSSR count). The lowest BCUT2D eigenvalue weighted by atomic mass is 10.0. The molecule has 21 heavy (non-hydrogen) atoms. The van der Waals surface area contributed by atoms with Gasteiger partial charge in [-0.15, -0.1) is 0 Å². The number of halogens is 1. The number of hydrogen-bond donors (Lipinski definition) is 0. The van der Waals surface area contributed by atoms with E-state index >= 15 is 0 Å². The molecule has 0 unspecified atom stereocenters. The van der Waals surface area contributed by atoms with Gasteiger partial charge in [0.15, 0.2) is 5.58 Å². The molecule has 1 aromatic carbocycles. The normalized spacial score (nSPS) is 19.1. The number of likely N-dealkylation sites (tertiary alicyclic amines) is 1. The molecule has 2 aromatic rings. The Morgan fingerprint density at radius 3 is 3.00 bits per heavy atom. The fraction of sp³-hybridized carbons (Fsp3) is 0.467. The standard InChI is InChI=1S/C15H17ClN2O3/c1-10-4-2-3-7-17(10)14(19)9-18-12-6-5-11(16)8-13(12)21-15(18)20/h5-6,8,10H,2-4,7,9H2,1H3/t10-/m1/s1. The molecule has 0 radical (unpaired) electrons. The van der Waals surface area contributed by atoms with Crippen LogP contribution in [0, 0.1) is 0 Å². The van der Waals surface area contributed by atoms with Crippen molar-refractivity contribution in [2.75, 3.05) is 6.54 Å². The van der Waals surface area contributed by atoms with Crippen LogP contribution in [0.25, 0.3) is 11.1 Å². The van der Waals surface area contributed by atoms with Gasteiger partial charge in [0, 0.05) is 23.7 Å². The zero-order valence-electron chi connectivity index (χ0n) is 11.8. The van der Waals surface area contributed by atoms with Crippen LogP contribution in [0.3, 0.4) is 0 Å². The molecule has 0 N–H and O–H groups in total. The van der Waals surface area contributed by atoms with Crippen molar-refractivity contribution in [2.45, 2.75) is 38.8 Å². The van der Waals surface area contributed by atoms with Crippen molar-refractivity contribution in [3.63, 3.8) is 0 Å². The van der Waals surface area contributed by atoms with E-state index in [1.54, 1.807) is 18.2 Å². The third kappa shape index (κ3) is 2.70. The second kappa shape index (κ2) is 5.56. The van der Waals surface area contributed by atoms with Gasteiger partial charge in [0.05, 0.1) is 5.52 Å². The maximum absolute atomic E-state index is 12.4. The summed E-state index contributed by atoms with van der Waals surface area (Å²) in [7, 11) is 0. The number of aromatic nitrogens is 1. The number of carbonyl (C=O) groups is 1. The van der Waals surface area contributed by atoms with Crippen molar-refractivity contribution < 1.29 is 9.21 Å². The number of benzene rings is 1. The van der Waals surface area contributed by atoms with Crippen LogP contribution in [0.1, 0.15) is 26.2 Å². The smallest absolute Gasteiger partial charge is 0.408 e. The summed E-state index contributed by atoms with van der Waals surface area (Å²) in [6.07, 6.45) is 3.19. The Labute approximate surface area is 127 Å². The molecule has 2 heterocycles. The largest absolute Gasteiger partial charge is 0.420 e. The summed E-state index contributed by atoms with van der Waals surface area (Å²) in [4.78, 5) is 26.2. The Balaban J connectivity index is 1.89. The van der Waals surface area contributed by atoms with Crippen LogP contribution in [0.5, 0.6) is 0 Å². The topological polar surface area (TPSA) is 55.5 Å². The van der Waals surface area contributed by atoms with Crippen LogP contribution < -0.4 is 5.76 Å². The van der Waals surface area contributed by atoms with E-state index in [4.69, 9.17) is 16.0 Å². The molecule has 0 aliphatic carbocycles. The highest BCUT2D eigenvalue weighted by Crippen LogP contribution is 2.20. The molecule has 1 atom stereocenters. The molecule has 112 valence electrons. The molecule has 5 nitrogen and oxygen atoms in total. The SMILES string of the molecule is C[C@@H]1CCCCN1C(=O)Cn1c(=O)oc2cc(Cl)ccc21. The number of fused-ring (bicyclic) bond motifs is 1. The molecule has 1 amide bonds. The fourth-order valence-electron chi connectivity index (χ4n) is 2.88. The van der Waals surface area contributed by atoms with E-state index in [9.17, 15) is 9.59 Å². The predicted octanol–water partition coefficient (Wildman–Crippen LogP) is 2.65. The van der Waals surface area contributed by atoms with Gasteiger partial charge in [-0.2, -0.15) is 0 Å². The van der Waals surface area contributed by atoms with Crippen LogP contribution in [0.15, 0.2) is 27.4 Å². The number of carbonyl (C=O) groups excluding carboxylic acids is 1. The Hall–Kier alpha value is -1.75. The van der Waals surface area contributed by atoms with E-state index < -0.39 is 5.76 Å². The number of hydrogen-bond acceptors (Lipinski definition) is 3. The number of oxazole rings is 1. The van der Waals surface area contributed by atoms with Gasteiger partial charge in [-0.1, -0.05) is 11.6 Å². The summed E-state index contributed by atoms with van der Waals surface area (Å²) in [5.41, 5.74) is 1.01. The molecule has 0 bridgehead atoms. The Morgan fingerprint density at radius 1 is 1.43 bits per heavy atom. The van der Waals surface area contributed by atoms with Crippen LogP contribution >= 0.6 is 11.6 Å². The van der Waals surface area contributed by atoms with Gasteiger partial charge < -0.3 is 9.32 Å². The summed E-state index contributed by atoms with van der Waals surface area (Å²) in [5.74, 6) is -0.563. The molecule has 1 aliphatic heterocycles. The quantitative estimate of drug-likeness (QED) is 0.857. The van der Waals surface area contributed by atoms with Crippen LogP contribution in [-0.4, -0.2) is 28.0 Å². The molecular formula is C15H17ClN2O3. The van der Waals surface area contributed by atoms with E-state index in [0.29, 0.717) is 16.1 Å². The Kier molecular flexibility index (Phi) is 3.76. The van der Waals surface area contributed by atoms with E-state index in [-0.39, 0.29) is 18.5 Å². The summed E-state index contributed by atoms with van der Waals surface area (Å²) in [5, 5.41) is 0.499. The van der Waals surface area contributed by atoms with Crippen molar-refractivity contribution in [3.05, 3.63) is 33.8 Å². The van der Waals surface area contributed by atoms with Gasteiger partial charge in [-0.3, -0.25) is 9.36 Å². The van der Waals surface area contributed by atoms with Crippen molar-refractivity contribution in [2.24, 2.45) is 0 Å². The maximum Gasteiger partial charge on any atom is 0.420 e. The summed E-state index contributed by atoms with van der Waals surface area (Å²) >= 11 is 5.88. The molecule has 0 spiro atoms. The van der Waals surface area contributed by atoms with Gasteiger partial charge in [0.1, 0.15) is 6.54 Å². The zero-order chi connectivity index (χ0) is 15.0. The molecule has 1 aromatic heterocycles. The van der Waals surface area contributed by atoms with Crippen LogP contribution in [0.2, 0.25) is 5.02 Å². The monoisotopic (exact) mass is 308 g/mol. The van der Waals surface area contributed by atoms with Gasteiger partial charge in [0.2, 0.25) is 5.91 Å². The van der Waals surface area contributed by atoms with Crippen LogP contribution in [-0.2, 0) is 11.3 Å². The number of amides is 1. The Bertz CT molecular complexity index is 734. The summed E-state index contributed by atoms with van der Waals surface area (Å²) in [6.45, 7) is 2.82. The summed E-state index contributed by atoms with van der Waals surface area (Å²) in [6, 6.07) is 5.20. The van der Waals surface area contributed by atoms with Gasteiger partial charge in [-0.05, 0) is 38.3 Å². The lowest BCUT2D eigenvalue weighted by Crippen LogP contribution is -2.44. The van der Waals surface area contributed by atoms with Crippen molar-refractivity contribution in [3.8, 4) is 0 Å². The minimum atomic E-state index is -0.523. The lowest BCUT2D eigenvalue weighted by molar-refractivity contribution is -0.135. The third-order valence-corrected chi connectivity index (χ3v) is 4.28. The molecule has 1 aliphatic rings. The van der Waals surface area contributed by atoms with Crippen LogP contribution in [0.4, 0.5) is 0 Å². The first-order valence-electron chi connectivity index (χ1n) is 7.14. The van der Waals surface area contributed by atoms with Crippen molar-refractivity contribution >= 4 is 28.6 Å². The third-order valence-electron chi connectivity index (χ3n) is 4.05. The molecule has 1 fully saturated rings. The average molecular weight is 309 g/mol. The van der Waals surface area contributed by atoms with E-state index in [1.807, 2.05) is 11.8 Å². The predicted molar refractivity (Wildman–Crippen MR) is 80.5 cm³/mol. The molecule has 1 saturated heterocycles. The first-order chi connectivity index (χ1) is 10.1. The fourth-order valence-corrected chi connectivity index (χ4v) is 3.05. The number of rotatable bonds is 2. The maximum atomic E-state index is 12.4. The highest BCUT2D eigenvalue weighted by molar-refractivity contribution is 6.31. The van der Waals surface area contributed by atoms with Crippen molar-refractivity contribution in [1.29, 1.82) is 0 Å². The van der Waals surface area contributed by atoms with Gasteiger partial charge in [-0.25, -0.2) is 4.79 Å². The number of piperidine rings is 1. The Morgan fingerprint density at radius 2 is 2.24 bits per heavy atom. The number of nitrogens with zero attached hydrogens (tertiary/aromatic N) is 2. The highest BCUT2D eigenvalue weighted by Gasteiger charge is 2.24. The minimum absolute atomic E-state index is 0.0117. The first-order valence-corrected chi connectivity index (χ1v) is 7.52. The molecule has 0 saturated carbocycles. The van der Waals surface area contributed by atoms with E-state index in [0.717, 1.165) is 25.8 Å². The van der Waals surface area contributed by atoms with Crippen molar-refractivity contribution in [1.82, 2.24) is 9.47 Å². The van der Waals surface area contributed by atoms with E-state index in [2.05, 4.69) is 0 Å². The lowest BCUT2D eigenvalue weighted by Gasteiger charge is -2.33. The average Bonchev–Trinajstić information content (AvgIpc) is 2.74. The highest BCUT2D eigenvalue weighted by atomic mass is 35.5. The molecular weight excluding hydrogens is 292 g/mol. The van der Waals surface area contributed by atoms with E-state index in [1.165, 1.54) is 4.57 Å². The second-order valence-corrected chi connectivity index (χ2v) is 5.93. The minimum Gasteiger partial charge on any atom is -0.408 e. The first kappa shape index (κ1) is 14.2. The summed E-state index contributed by atoms with van der Waals surface area (Å²) < 4.78 is 6.52. The zero-order valence-corrected chi connectivity index (χ0v) is 12.6. The second-order valence-electron chi connectivity index (χ2n) is 5.50. The van der Waals surface area contributed by atoms with Gasteiger partial charge in [0.25, 0.3) is 0 Å². The molecule has 6 heteroatoms. The van der Waals surface area contributed by atoms with Gasteiger partial charge >= 0.3 is 5.76 Å².